The molecule has 1 aromatic carbocycles. The van der Waals surface area contributed by atoms with E-state index in [9.17, 15) is 14.9 Å². The van der Waals surface area contributed by atoms with Crippen LogP contribution in [0.5, 0.6) is 0 Å². The second-order valence-electron chi connectivity index (χ2n) is 6.03. The standard InChI is InChI=1S/C15H23N3O3/c1-10(2)15(3,4)9-17-14(19)11-7-6-8-12(18(20)21)13(11)16-5/h6-8,10,16H,9H2,1-5H3,(H,17,19). The third-order valence-electron chi connectivity index (χ3n) is 4.00. The first-order chi connectivity index (χ1) is 9.70. The maximum atomic E-state index is 12.3. The highest BCUT2D eigenvalue weighted by molar-refractivity contribution is 6.01. The molecule has 2 N–H and O–H groups in total. The Kier molecular flexibility index (Phi) is 5.29. The summed E-state index contributed by atoms with van der Waals surface area (Å²) >= 11 is 0. The smallest absolute Gasteiger partial charge is 0.293 e. The molecule has 0 heterocycles. The Morgan fingerprint density at radius 2 is 2.00 bits per heavy atom. The maximum Gasteiger partial charge on any atom is 0.293 e. The summed E-state index contributed by atoms with van der Waals surface area (Å²) in [5.41, 5.74) is 0.373. The van der Waals surface area contributed by atoms with Crippen LogP contribution < -0.4 is 10.6 Å². The third kappa shape index (κ3) is 3.93. The quantitative estimate of drug-likeness (QED) is 0.623. The molecule has 0 radical (unpaired) electrons. The van der Waals surface area contributed by atoms with Crippen molar-refractivity contribution < 1.29 is 9.72 Å². The molecule has 6 nitrogen and oxygen atoms in total. The zero-order valence-corrected chi connectivity index (χ0v) is 13.2. The molecule has 1 aromatic rings. The molecule has 0 bridgehead atoms. The number of nitro groups is 1. The highest BCUT2D eigenvalue weighted by Crippen LogP contribution is 2.28. The van der Waals surface area contributed by atoms with Gasteiger partial charge in [-0.3, -0.25) is 14.9 Å². The van der Waals surface area contributed by atoms with E-state index in [4.69, 9.17) is 0 Å². The first-order valence-electron chi connectivity index (χ1n) is 6.94. The van der Waals surface area contributed by atoms with Crippen LogP contribution >= 0.6 is 0 Å². The van der Waals surface area contributed by atoms with E-state index >= 15 is 0 Å². The van der Waals surface area contributed by atoms with E-state index in [1.807, 2.05) is 0 Å². The van der Waals surface area contributed by atoms with Crippen LogP contribution in [0.1, 0.15) is 38.1 Å². The minimum Gasteiger partial charge on any atom is -0.382 e. The Bertz CT molecular complexity index is 539. The average molecular weight is 293 g/mol. The van der Waals surface area contributed by atoms with Crippen LogP contribution in [-0.2, 0) is 0 Å². The molecule has 116 valence electrons. The van der Waals surface area contributed by atoms with E-state index in [0.717, 1.165) is 0 Å². The largest absolute Gasteiger partial charge is 0.382 e. The number of benzene rings is 1. The Morgan fingerprint density at radius 3 is 2.48 bits per heavy atom. The van der Waals surface area contributed by atoms with Crippen molar-refractivity contribution >= 4 is 17.3 Å². The lowest BCUT2D eigenvalue weighted by atomic mass is 9.81. The number of rotatable bonds is 6. The van der Waals surface area contributed by atoms with Gasteiger partial charge in [0.25, 0.3) is 11.6 Å². The lowest BCUT2D eigenvalue weighted by Crippen LogP contribution is -2.37. The number of hydrogen-bond donors (Lipinski definition) is 2. The van der Waals surface area contributed by atoms with Gasteiger partial charge >= 0.3 is 0 Å². The lowest BCUT2D eigenvalue weighted by molar-refractivity contribution is -0.384. The zero-order chi connectivity index (χ0) is 16.2. The normalized spacial score (nSPS) is 11.3. The van der Waals surface area contributed by atoms with Crippen LogP contribution in [0, 0.1) is 21.4 Å². The predicted octanol–water partition coefficient (Wildman–Crippen LogP) is 3.05. The molecule has 0 spiro atoms. The highest BCUT2D eigenvalue weighted by Gasteiger charge is 2.25. The summed E-state index contributed by atoms with van der Waals surface area (Å²) in [6.45, 7) is 8.85. The van der Waals surface area contributed by atoms with Gasteiger partial charge in [0.05, 0.1) is 10.5 Å². The molecule has 1 amide bonds. The summed E-state index contributed by atoms with van der Waals surface area (Å²) in [7, 11) is 1.57. The van der Waals surface area contributed by atoms with E-state index in [1.165, 1.54) is 12.1 Å². The summed E-state index contributed by atoms with van der Waals surface area (Å²) in [5, 5.41) is 16.6. The molecule has 0 saturated heterocycles. The van der Waals surface area contributed by atoms with E-state index in [1.54, 1.807) is 13.1 Å². The van der Waals surface area contributed by atoms with Gasteiger partial charge in [0, 0.05) is 19.7 Å². The second-order valence-corrected chi connectivity index (χ2v) is 6.03. The first kappa shape index (κ1) is 16.9. The van der Waals surface area contributed by atoms with Crippen LogP contribution in [0.15, 0.2) is 18.2 Å². The second kappa shape index (κ2) is 6.56. The molecule has 0 aliphatic heterocycles. The number of anilines is 1. The number of para-hydroxylation sites is 1. The Labute approximate surface area is 125 Å². The average Bonchev–Trinajstić information content (AvgIpc) is 2.43. The summed E-state index contributed by atoms with van der Waals surface area (Å²) in [5.74, 6) is 0.100. The Hall–Kier alpha value is -2.11. The van der Waals surface area contributed by atoms with Crippen molar-refractivity contribution in [3.8, 4) is 0 Å². The van der Waals surface area contributed by atoms with Crippen LogP contribution in [0.25, 0.3) is 0 Å². The summed E-state index contributed by atoms with van der Waals surface area (Å²) in [4.78, 5) is 22.8. The Balaban J connectivity index is 2.98. The van der Waals surface area contributed by atoms with Crippen molar-refractivity contribution in [3.63, 3.8) is 0 Å². The number of nitrogens with one attached hydrogen (secondary N) is 2. The first-order valence-corrected chi connectivity index (χ1v) is 6.94. The summed E-state index contributed by atoms with van der Waals surface area (Å²) in [6, 6.07) is 4.47. The molecule has 0 saturated carbocycles. The van der Waals surface area contributed by atoms with Gasteiger partial charge in [-0.05, 0) is 17.4 Å². The van der Waals surface area contributed by atoms with Crippen molar-refractivity contribution in [2.75, 3.05) is 18.9 Å². The van der Waals surface area contributed by atoms with Crippen molar-refractivity contribution in [2.24, 2.45) is 11.3 Å². The molecular weight excluding hydrogens is 270 g/mol. The molecule has 0 atom stereocenters. The molecule has 0 unspecified atom stereocenters. The van der Waals surface area contributed by atoms with Gasteiger partial charge in [-0.15, -0.1) is 0 Å². The molecule has 0 aliphatic rings. The minimum atomic E-state index is -0.499. The highest BCUT2D eigenvalue weighted by atomic mass is 16.6. The fraction of sp³-hybridized carbons (Fsp3) is 0.533. The monoisotopic (exact) mass is 293 g/mol. The Morgan fingerprint density at radius 1 is 1.38 bits per heavy atom. The fourth-order valence-corrected chi connectivity index (χ4v) is 1.75. The van der Waals surface area contributed by atoms with E-state index in [-0.39, 0.29) is 28.3 Å². The summed E-state index contributed by atoms with van der Waals surface area (Å²) < 4.78 is 0. The van der Waals surface area contributed by atoms with Gasteiger partial charge in [0.1, 0.15) is 5.69 Å². The third-order valence-corrected chi connectivity index (χ3v) is 4.00. The topological polar surface area (TPSA) is 84.3 Å². The van der Waals surface area contributed by atoms with Crippen molar-refractivity contribution in [1.82, 2.24) is 5.32 Å². The minimum absolute atomic E-state index is 0.0455. The van der Waals surface area contributed by atoms with Gasteiger partial charge in [-0.2, -0.15) is 0 Å². The molecular formula is C15H23N3O3. The maximum absolute atomic E-state index is 12.3. The van der Waals surface area contributed by atoms with Gasteiger partial charge in [-0.1, -0.05) is 33.8 Å². The van der Waals surface area contributed by atoms with Crippen LogP contribution in [0.3, 0.4) is 0 Å². The molecule has 1 rings (SSSR count). The number of carbonyl (C=O) groups is 1. The van der Waals surface area contributed by atoms with E-state index < -0.39 is 4.92 Å². The van der Waals surface area contributed by atoms with Gasteiger partial charge in [0.2, 0.25) is 0 Å². The molecule has 21 heavy (non-hydrogen) atoms. The van der Waals surface area contributed by atoms with Gasteiger partial charge in [0.15, 0.2) is 0 Å². The summed E-state index contributed by atoms with van der Waals surface area (Å²) in [6.07, 6.45) is 0. The molecule has 6 heteroatoms. The number of carbonyl (C=O) groups excluding carboxylic acids is 1. The van der Waals surface area contributed by atoms with E-state index in [0.29, 0.717) is 12.5 Å². The van der Waals surface area contributed by atoms with Gasteiger partial charge < -0.3 is 10.6 Å². The van der Waals surface area contributed by atoms with Crippen molar-refractivity contribution in [1.29, 1.82) is 0 Å². The van der Waals surface area contributed by atoms with Crippen LogP contribution in [0.4, 0.5) is 11.4 Å². The number of amides is 1. The van der Waals surface area contributed by atoms with Gasteiger partial charge in [-0.25, -0.2) is 0 Å². The molecule has 0 aliphatic carbocycles. The number of nitrogens with zero attached hydrogens (tertiary/aromatic N) is 1. The number of hydrogen-bond acceptors (Lipinski definition) is 4. The number of nitro benzene ring substituents is 1. The molecule has 0 aromatic heterocycles. The predicted molar refractivity (Wildman–Crippen MR) is 83.6 cm³/mol. The van der Waals surface area contributed by atoms with Crippen LogP contribution in [-0.4, -0.2) is 24.4 Å². The fourth-order valence-electron chi connectivity index (χ4n) is 1.75. The zero-order valence-electron chi connectivity index (χ0n) is 13.2. The van der Waals surface area contributed by atoms with Crippen LogP contribution in [0.2, 0.25) is 0 Å². The SMILES string of the molecule is CNc1c(C(=O)NCC(C)(C)C(C)C)cccc1[N+](=O)[O-]. The lowest BCUT2D eigenvalue weighted by Gasteiger charge is -2.29. The molecule has 0 fully saturated rings. The van der Waals surface area contributed by atoms with Crippen molar-refractivity contribution in [3.05, 3.63) is 33.9 Å². The van der Waals surface area contributed by atoms with Crippen molar-refractivity contribution in [2.45, 2.75) is 27.7 Å². The van der Waals surface area contributed by atoms with E-state index in [2.05, 4.69) is 38.3 Å².